The molecule has 0 saturated heterocycles. The summed E-state index contributed by atoms with van der Waals surface area (Å²) < 4.78 is 11.1. The van der Waals surface area contributed by atoms with E-state index in [0.717, 1.165) is 30.1 Å². The first-order chi connectivity index (χ1) is 15.2. The minimum Gasteiger partial charge on any atom is -0.359 e. The fourth-order valence-corrected chi connectivity index (χ4v) is 7.89. The van der Waals surface area contributed by atoms with Gasteiger partial charge in [-0.25, -0.2) is 0 Å². The smallest absolute Gasteiger partial charge is 0.146 e. The summed E-state index contributed by atoms with van der Waals surface area (Å²) in [6.07, 6.45) is 19.5. The second-order valence-corrected chi connectivity index (χ2v) is 12.4. The van der Waals surface area contributed by atoms with Gasteiger partial charge in [-0.05, 0) is 91.3 Å². The molecule has 2 heteroatoms. The Bertz CT molecular complexity index is 761. The summed E-state index contributed by atoms with van der Waals surface area (Å²) in [6.45, 7) is 15.2. The Morgan fingerprint density at radius 3 is 2.47 bits per heavy atom. The van der Waals surface area contributed by atoms with Crippen molar-refractivity contribution < 1.29 is 9.47 Å². The average molecular weight is 441 g/mol. The molecule has 8 unspecified atom stereocenters. The number of allylic oxidation sites excluding steroid dienone is 5. The third kappa shape index (κ3) is 4.20. The van der Waals surface area contributed by atoms with Crippen molar-refractivity contribution in [3.05, 3.63) is 35.5 Å². The molecular weight excluding hydrogens is 392 g/mol. The lowest BCUT2D eigenvalue weighted by molar-refractivity contribution is -0.0864. The van der Waals surface area contributed by atoms with Gasteiger partial charge in [0.2, 0.25) is 0 Å². The zero-order valence-electron chi connectivity index (χ0n) is 21.8. The lowest BCUT2D eigenvalue weighted by Crippen LogP contribution is -2.46. The van der Waals surface area contributed by atoms with Gasteiger partial charge in [0.05, 0.1) is 6.10 Å². The van der Waals surface area contributed by atoms with Crippen molar-refractivity contribution in [3.8, 4) is 0 Å². The molecule has 0 aromatic carbocycles. The molecule has 4 aliphatic carbocycles. The van der Waals surface area contributed by atoms with Crippen LogP contribution in [0.3, 0.4) is 0 Å². The maximum Gasteiger partial charge on any atom is 0.146 e. The molecule has 3 saturated carbocycles. The molecule has 4 aliphatic rings. The fourth-order valence-electron chi connectivity index (χ4n) is 7.89. The van der Waals surface area contributed by atoms with Gasteiger partial charge in [0.15, 0.2) is 0 Å². The molecule has 3 fully saturated rings. The molecular formula is C30H48O2. The van der Waals surface area contributed by atoms with Crippen LogP contribution in [0.25, 0.3) is 0 Å². The molecule has 0 radical (unpaired) electrons. The summed E-state index contributed by atoms with van der Waals surface area (Å²) in [6, 6.07) is 0. The van der Waals surface area contributed by atoms with Crippen LogP contribution in [0.5, 0.6) is 0 Å². The zero-order valence-corrected chi connectivity index (χ0v) is 21.8. The van der Waals surface area contributed by atoms with E-state index in [1.165, 1.54) is 38.5 Å². The minimum atomic E-state index is 0.329. The van der Waals surface area contributed by atoms with Crippen LogP contribution in [0.15, 0.2) is 35.5 Å². The largest absolute Gasteiger partial charge is 0.359 e. The number of ether oxygens (including phenoxy) is 2. The lowest BCUT2D eigenvalue weighted by atomic mass is 9.50. The summed E-state index contributed by atoms with van der Waals surface area (Å²) in [7, 11) is 1.72. The van der Waals surface area contributed by atoms with Crippen molar-refractivity contribution >= 4 is 0 Å². The summed E-state index contributed by atoms with van der Waals surface area (Å²) in [5, 5.41) is 0. The van der Waals surface area contributed by atoms with Gasteiger partial charge in [-0.15, -0.1) is 0 Å². The van der Waals surface area contributed by atoms with E-state index in [1.807, 2.05) is 0 Å². The van der Waals surface area contributed by atoms with Crippen LogP contribution in [-0.4, -0.2) is 20.0 Å². The van der Waals surface area contributed by atoms with Crippen LogP contribution in [-0.2, 0) is 9.47 Å². The molecule has 0 amide bonds. The average Bonchev–Trinajstić information content (AvgIpc) is 3.12. The van der Waals surface area contributed by atoms with E-state index in [2.05, 4.69) is 65.8 Å². The van der Waals surface area contributed by atoms with E-state index < -0.39 is 0 Å². The second kappa shape index (κ2) is 9.41. The molecule has 0 heterocycles. The quantitative estimate of drug-likeness (QED) is 0.295. The highest BCUT2D eigenvalue weighted by Gasteiger charge is 2.56. The van der Waals surface area contributed by atoms with Crippen molar-refractivity contribution in [3.63, 3.8) is 0 Å². The summed E-state index contributed by atoms with van der Waals surface area (Å²) in [5.41, 5.74) is 4.24. The molecule has 8 atom stereocenters. The normalized spacial score (nSPS) is 41.0. The van der Waals surface area contributed by atoms with Gasteiger partial charge < -0.3 is 9.47 Å². The topological polar surface area (TPSA) is 18.5 Å². The molecule has 180 valence electrons. The van der Waals surface area contributed by atoms with Gasteiger partial charge in [-0.1, -0.05) is 77.0 Å². The fraction of sp³-hybridized carbons (Fsp3) is 0.800. The summed E-state index contributed by atoms with van der Waals surface area (Å²) >= 11 is 0. The Balaban J connectivity index is 1.52. The van der Waals surface area contributed by atoms with E-state index in [9.17, 15) is 0 Å². The molecule has 0 spiro atoms. The van der Waals surface area contributed by atoms with E-state index >= 15 is 0 Å². The predicted molar refractivity (Wildman–Crippen MR) is 134 cm³/mol. The van der Waals surface area contributed by atoms with E-state index in [4.69, 9.17) is 9.47 Å². The molecule has 2 nitrogen and oxygen atoms in total. The highest BCUT2D eigenvalue weighted by atomic mass is 16.7. The van der Waals surface area contributed by atoms with Crippen LogP contribution in [0, 0.1) is 46.3 Å². The monoisotopic (exact) mass is 440 g/mol. The number of rotatable bonds is 7. The van der Waals surface area contributed by atoms with Gasteiger partial charge in [0.25, 0.3) is 0 Å². The number of hydrogen-bond donors (Lipinski definition) is 0. The van der Waals surface area contributed by atoms with Gasteiger partial charge in [-0.2, -0.15) is 0 Å². The van der Waals surface area contributed by atoms with Crippen molar-refractivity contribution in [2.24, 2.45) is 46.3 Å². The van der Waals surface area contributed by atoms with Gasteiger partial charge in [-0.3, -0.25) is 0 Å². The molecule has 0 N–H and O–H groups in total. The van der Waals surface area contributed by atoms with Crippen molar-refractivity contribution in [1.82, 2.24) is 0 Å². The van der Waals surface area contributed by atoms with Crippen LogP contribution in [0.4, 0.5) is 0 Å². The van der Waals surface area contributed by atoms with Crippen molar-refractivity contribution in [2.45, 2.75) is 92.6 Å². The van der Waals surface area contributed by atoms with Gasteiger partial charge in [0.1, 0.15) is 6.79 Å². The summed E-state index contributed by atoms with van der Waals surface area (Å²) in [4.78, 5) is 0. The highest BCUT2D eigenvalue weighted by Crippen LogP contribution is 2.66. The first-order valence-electron chi connectivity index (χ1n) is 13.4. The Hall–Kier alpha value is -0.860. The first kappa shape index (κ1) is 24.3. The SMILES string of the molecule is COCOC1CCC2(C)C(=CC=C3C2CCC2(C)C3CCC2C(C)/C=C/C(C)C(C)C)C1. The Kier molecular flexibility index (Phi) is 7.14. The van der Waals surface area contributed by atoms with E-state index in [0.29, 0.717) is 35.6 Å². The minimum absolute atomic E-state index is 0.329. The first-order valence-corrected chi connectivity index (χ1v) is 13.4. The lowest BCUT2D eigenvalue weighted by Gasteiger charge is -2.55. The van der Waals surface area contributed by atoms with Crippen LogP contribution in [0.2, 0.25) is 0 Å². The third-order valence-electron chi connectivity index (χ3n) is 10.4. The van der Waals surface area contributed by atoms with Crippen LogP contribution < -0.4 is 0 Å². The standard InChI is InChI=1S/C30H48O2/c1-20(2)21(3)8-9-22(4)26-12-13-27-25-11-10-23-18-24(32-19-31-7)14-16-29(23,5)28(25)15-17-30(26,27)6/h8-11,20-22,24,26-28H,12-19H2,1-7H3/b9-8+. The van der Waals surface area contributed by atoms with Crippen LogP contribution >= 0.6 is 0 Å². The maximum atomic E-state index is 5.95. The number of methoxy groups -OCH3 is 1. The van der Waals surface area contributed by atoms with E-state index in [1.54, 1.807) is 18.3 Å². The summed E-state index contributed by atoms with van der Waals surface area (Å²) in [5.74, 6) is 4.43. The molecule has 4 rings (SSSR count). The molecule has 0 aromatic heterocycles. The number of fused-ring (bicyclic) bond motifs is 5. The molecule has 0 bridgehead atoms. The third-order valence-corrected chi connectivity index (χ3v) is 10.4. The Morgan fingerprint density at radius 1 is 0.969 bits per heavy atom. The van der Waals surface area contributed by atoms with Crippen molar-refractivity contribution in [2.75, 3.05) is 13.9 Å². The van der Waals surface area contributed by atoms with Gasteiger partial charge >= 0.3 is 0 Å². The van der Waals surface area contributed by atoms with Crippen LogP contribution in [0.1, 0.15) is 86.5 Å². The number of hydrogen-bond acceptors (Lipinski definition) is 2. The second-order valence-electron chi connectivity index (χ2n) is 12.4. The highest BCUT2D eigenvalue weighted by molar-refractivity contribution is 5.39. The maximum absolute atomic E-state index is 5.95. The molecule has 32 heavy (non-hydrogen) atoms. The molecule has 0 aliphatic heterocycles. The Morgan fingerprint density at radius 2 is 1.75 bits per heavy atom. The predicted octanol–water partition coefficient (Wildman–Crippen LogP) is 7.96. The molecule has 0 aromatic rings. The van der Waals surface area contributed by atoms with Gasteiger partial charge in [0, 0.05) is 7.11 Å². The van der Waals surface area contributed by atoms with E-state index in [-0.39, 0.29) is 0 Å². The van der Waals surface area contributed by atoms with Crippen molar-refractivity contribution in [1.29, 1.82) is 0 Å². The zero-order chi connectivity index (χ0) is 23.1. The Labute approximate surface area is 197 Å².